The third-order valence-corrected chi connectivity index (χ3v) is 3.39. The van der Waals surface area contributed by atoms with E-state index in [1.54, 1.807) is 12.3 Å². The zero-order valence-electron chi connectivity index (χ0n) is 11.4. The van der Waals surface area contributed by atoms with Gasteiger partial charge in [0.1, 0.15) is 11.9 Å². The maximum atomic E-state index is 9.08. The van der Waals surface area contributed by atoms with E-state index in [9.17, 15) is 0 Å². The first-order valence-electron chi connectivity index (χ1n) is 6.83. The summed E-state index contributed by atoms with van der Waals surface area (Å²) < 4.78 is 0. The second-order valence-corrected chi connectivity index (χ2v) is 5.18. The second-order valence-electron chi connectivity index (χ2n) is 5.18. The summed E-state index contributed by atoms with van der Waals surface area (Å²) in [5, 5.41) is 12.4. The van der Waals surface area contributed by atoms with Crippen LogP contribution in [-0.4, -0.2) is 35.6 Å². The number of hydrogen-bond donors (Lipinski definition) is 2. The molecule has 1 atom stereocenters. The fraction of sp³-hybridized carbons (Fsp3) is 0.571. The van der Waals surface area contributed by atoms with E-state index in [1.807, 2.05) is 0 Å². The van der Waals surface area contributed by atoms with Gasteiger partial charge < -0.3 is 16.0 Å². The molecule has 1 saturated heterocycles. The van der Waals surface area contributed by atoms with Crippen LogP contribution in [0.25, 0.3) is 0 Å². The Labute approximate surface area is 114 Å². The lowest BCUT2D eigenvalue weighted by Gasteiger charge is -2.29. The molecule has 1 unspecified atom stereocenters. The van der Waals surface area contributed by atoms with Crippen molar-refractivity contribution in [2.45, 2.75) is 32.2 Å². The number of aromatic nitrogens is 1. The van der Waals surface area contributed by atoms with Gasteiger partial charge in [0.15, 0.2) is 0 Å². The van der Waals surface area contributed by atoms with E-state index >= 15 is 0 Å². The highest BCUT2D eigenvalue weighted by molar-refractivity contribution is 5.57. The fourth-order valence-corrected chi connectivity index (χ4v) is 2.49. The highest BCUT2D eigenvalue weighted by Gasteiger charge is 2.14. The van der Waals surface area contributed by atoms with E-state index in [2.05, 4.69) is 28.2 Å². The number of nitrogens with zero attached hydrogens (tertiary/aromatic N) is 3. The van der Waals surface area contributed by atoms with Gasteiger partial charge in [0.25, 0.3) is 0 Å². The lowest BCUT2D eigenvalue weighted by atomic mass is 10.1. The third-order valence-electron chi connectivity index (χ3n) is 3.39. The van der Waals surface area contributed by atoms with E-state index in [-0.39, 0.29) is 6.04 Å². The van der Waals surface area contributed by atoms with Crippen LogP contribution >= 0.6 is 0 Å². The minimum Gasteiger partial charge on any atom is -0.397 e. The molecule has 0 radical (unpaired) electrons. The number of hydrogen-bond acceptors (Lipinski definition) is 5. The minimum absolute atomic E-state index is 0.265. The van der Waals surface area contributed by atoms with Crippen molar-refractivity contribution in [2.75, 3.05) is 30.7 Å². The first kappa shape index (κ1) is 13.6. The molecule has 1 aliphatic heterocycles. The number of piperidine rings is 1. The van der Waals surface area contributed by atoms with E-state index in [4.69, 9.17) is 11.0 Å². The molecule has 0 aromatic carbocycles. The molecular formula is C14H21N5. The van der Waals surface area contributed by atoms with Gasteiger partial charge in [-0.2, -0.15) is 5.26 Å². The van der Waals surface area contributed by atoms with E-state index < -0.39 is 0 Å². The van der Waals surface area contributed by atoms with Gasteiger partial charge in [-0.15, -0.1) is 0 Å². The lowest BCUT2D eigenvalue weighted by molar-refractivity contribution is 0.223. The van der Waals surface area contributed by atoms with Gasteiger partial charge in [-0.3, -0.25) is 0 Å². The van der Waals surface area contributed by atoms with Crippen LogP contribution in [0.3, 0.4) is 0 Å². The summed E-state index contributed by atoms with van der Waals surface area (Å²) in [5.41, 5.74) is 6.66. The maximum Gasteiger partial charge on any atom is 0.144 e. The predicted octanol–water partition coefficient (Wildman–Crippen LogP) is 1.82. The lowest BCUT2D eigenvalue weighted by Crippen LogP contribution is -2.38. The van der Waals surface area contributed by atoms with Crippen molar-refractivity contribution in [1.29, 1.82) is 5.26 Å². The Bertz CT molecular complexity index is 459. The average molecular weight is 259 g/mol. The molecule has 1 aliphatic rings. The highest BCUT2D eigenvalue weighted by atomic mass is 15.2. The van der Waals surface area contributed by atoms with Crippen molar-refractivity contribution in [3.63, 3.8) is 0 Å². The molecule has 1 aromatic rings. The van der Waals surface area contributed by atoms with E-state index in [0.717, 1.165) is 6.54 Å². The quantitative estimate of drug-likeness (QED) is 0.862. The normalized spacial score (nSPS) is 17.7. The molecule has 102 valence electrons. The molecule has 0 saturated carbocycles. The largest absolute Gasteiger partial charge is 0.397 e. The van der Waals surface area contributed by atoms with Crippen LogP contribution in [0.4, 0.5) is 11.5 Å². The Morgan fingerprint density at radius 2 is 2.21 bits per heavy atom. The van der Waals surface area contributed by atoms with Crippen LogP contribution in [0.15, 0.2) is 12.3 Å². The SMILES string of the molecule is CC(CN1CCCCC1)Nc1ncc(N)cc1C#N. The second kappa shape index (κ2) is 6.39. The Morgan fingerprint density at radius 1 is 1.47 bits per heavy atom. The molecular weight excluding hydrogens is 238 g/mol. The van der Waals surface area contributed by atoms with E-state index in [0.29, 0.717) is 17.1 Å². The summed E-state index contributed by atoms with van der Waals surface area (Å²) in [6.45, 7) is 5.45. The van der Waals surface area contributed by atoms with Crippen molar-refractivity contribution in [2.24, 2.45) is 0 Å². The molecule has 0 spiro atoms. The Morgan fingerprint density at radius 3 is 2.89 bits per heavy atom. The van der Waals surface area contributed by atoms with Crippen LogP contribution < -0.4 is 11.1 Å². The van der Waals surface area contributed by atoms with Crippen LogP contribution in [-0.2, 0) is 0 Å². The minimum atomic E-state index is 0.265. The summed E-state index contributed by atoms with van der Waals surface area (Å²) >= 11 is 0. The number of pyridine rings is 1. The third kappa shape index (κ3) is 3.83. The Hall–Kier alpha value is -1.80. The summed E-state index contributed by atoms with van der Waals surface area (Å²) in [6, 6.07) is 4.05. The summed E-state index contributed by atoms with van der Waals surface area (Å²) in [7, 11) is 0. The van der Waals surface area contributed by atoms with Gasteiger partial charge in [0.2, 0.25) is 0 Å². The monoisotopic (exact) mass is 259 g/mol. The molecule has 19 heavy (non-hydrogen) atoms. The van der Waals surface area contributed by atoms with Crippen molar-refractivity contribution < 1.29 is 0 Å². The molecule has 1 fully saturated rings. The molecule has 1 aromatic heterocycles. The van der Waals surface area contributed by atoms with Crippen molar-refractivity contribution in [3.05, 3.63) is 17.8 Å². The van der Waals surface area contributed by atoms with Gasteiger partial charge in [-0.1, -0.05) is 6.42 Å². The molecule has 2 rings (SSSR count). The first-order chi connectivity index (χ1) is 9.19. The van der Waals surface area contributed by atoms with E-state index in [1.165, 1.54) is 32.4 Å². The average Bonchev–Trinajstić information content (AvgIpc) is 2.42. The summed E-state index contributed by atoms with van der Waals surface area (Å²) in [5.74, 6) is 0.626. The van der Waals surface area contributed by atoms with Crippen LogP contribution in [0, 0.1) is 11.3 Å². The fourth-order valence-electron chi connectivity index (χ4n) is 2.49. The highest BCUT2D eigenvalue weighted by Crippen LogP contribution is 2.16. The molecule has 0 aliphatic carbocycles. The topological polar surface area (TPSA) is 78.0 Å². The zero-order valence-corrected chi connectivity index (χ0v) is 11.4. The number of anilines is 2. The van der Waals surface area contributed by atoms with Crippen molar-refractivity contribution >= 4 is 11.5 Å². The molecule has 3 N–H and O–H groups in total. The smallest absolute Gasteiger partial charge is 0.144 e. The van der Waals surface area contributed by atoms with Crippen LogP contribution in [0.5, 0.6) is 0 Å². The van der Waals surface area contributed by atoms with Crippen molar-refractivity contribution in [1.82, 2.24) is 9.88 Å². The van der Waals surface area contributed by atoms with Gasteiger partial charge in [-0.05, 0) is 38.9 Å². The van der Waals surface area contributed by atoms with Crippen LogP contribution in [0.2, 0.25) is 0 Å². The number of nitrogens with one attached hydrogen (secondary N) is 1. The van der Waals surface area contributed by atoms with Crippen LogP contribution in [0.1, 0.15) is 31.7 Å². The number of likely N-dealkylation sites (tertiary alicyclic amines) is 1. The Kier molecular flexibility index (Phi) is 4.58. The molecule has 0 amide bonds. The Balaban J connectivity index is 1.94. The van der Waals surface area contributed by atoms with Gasteiger partial charge >= 0.3 is 0 Å². The maximum absolute atomic E-state index is 9.08. The summed E-state index contributed by atoms with van der Waals surface area (Å²) in [4.78, 5) is 6.67. The van der Waals surface area contributed by atoms with Gasteiger partial charge in [0, 0.05) is 12.6 Å². The first-order valence-corrected chi connectivity index (χ1v) is 6.83. The standard InChI is InChI=1S/C14H21N5/c1-11(10-19-5-3-2-4-6-19)18-14-12(8-15)7-13(16)9-17-14/h7,9,11H,2-6,10,16H2,1H3,(H,17,18). The molecule has 5 heteroatoms. The molecule has 5 nitrogen and oxygen atoms in total. The van der Waals surface area contributed by atoms with Crippen molar-refractivity contribution in [3.8, 4) is 6.07 Å². The van der Waals surface area contributed by atoms with Gasteiger partial charge in [-0.25, -0.2) is 4.98 Å². The molecule has 2 heterocycles. The number of nitrogens with two attached hydrogens (primary N) is 1. The van der Waals surface area contributed by atoms with Gasteiger partial charge in [0.05, 0.1) is 17.4 Å². The number of nitriles is 1. The molecule has 0 bridgehead atoms. The zero-order chi connectivity index (χ0) is 13.7. The predicted molar refractivity (Wildman–Crippen MR) is 76.7 cm³/mol. The summed E-state index contributed by atoms with van der Waals surface area (Å²) in [6.07, 6.45) is 5.50. The number of nitrogen functional groups attached to an aromatic ring is 1. The number of rotatable bonds is 4.